The van der Waals surface area contributed by atoms with Crippen LogP contribution in [0.15, 0.2) is 91.0 Å². The molecule has 33 heavy (non-hydrogen) atoms. The van der Waals surface area contributed by atoms with Crippen molar-refractivity contribution in [3.63, 3.8) is 0 Å². The lowest BCUT2D eigenvalue weighted by molar-refractivity contribution is 0.0686. The van der Waals surface area contributed by atoms with E-state index in [1.807, 2.05) is 77.4 Å². The number of aryl methyl sites for hydroxylation is 1. The first-order chi connectivity index (χ1) is 16.1. The minimum Gasteiger partial charge on any atom is -0.493 e. The largest absolute Gasteiger partial charge is 0.493 e. The molecule has 0 spiro atoms. The molecular weight excluding hydrogens is 434 g/mol. The summed E-state index contributed by atoms with van der Waals surface area (Å²) in [5.74, 6) is -0.125. The first-order valence-corrected chi connectivity index (χ1v) is 11.2. The van der Waals surface area contributed by atoms with E-state index in [1.165, 1.54) is 0 Å². The predicted molar refractivity (Wildman–Crippen MR) is 133 cm³/mol. The average molecular weight is 456 g/mol. The summed E-state index contributed by atoms with van der Waals surface area (Å²) in [6.07, 6.45) is 0.664. The van der Waals surface area contributed by atoms with Gasteiger partial charge in [-0.3, -0.25) is 0 Å². The average Bonchev–Trinajstić information content (AvgIpc) is 3.16. The normalized spacial score (nSPS) is 11.2. The van der Waals surface area contributed by atoms with Crippen LogP contribution in [0.1, 0.15) is 16.9 Å². The van der Waals surface area contributed by atoms with Crippen LogP contribution in [0.4, 0.5) is 0 Å². The van der Waals surface area contributed by atoms with Gasteiger partial charge in [-0.2, -0.15) is 0 Å². The molecular formula is C28H22ClNO3. The smallest absolute Gasteiger partial charge is 0.353 e. The number of carboxylic acid groups (broad SMARTS) is 1. The quantitative estimate of drug-likeness (QED) is 0.262. The molecule has 0 amide bonds. The van der Waals surface area contributed by atoms with Crippen LogP contribution in [0.25, 0.3) is 32.8 Å². The number of carbonyl (C=O) groups is 1. The standard InChI is InChI=1S/C28H22ClNO3/c29-21-11-5-10-20(18-21)26-23-13-3-4-14-24(23)30(27(26)28(31)32)16-7-17-33-25-15-6-9-19-8-1-2-12-22(19)25/h1-6,8-15,18H,7,16-17H2,(H,31,32). The topological polar surface area (TPSA) is 51.5 Å². The summed E-state index contributed by atoms with van der Waals surface area (Å²) < 4.78 is 7.96. The highest BCUT2D eigenvalue weighted by Gasteiger charge is 2.23. The van der Waals surface area contributed by atoms with Crippen LogP contribution in [-0.2, 0) is 6.54 Å². The maximum Gasteiger partial charge on any atom is 0.353 e. The summed E-state index contributed by atoms with van der Waals surface area (Å²) in [7, 11) is 0. The maximum atomic E-state index is 12.4. The third kappa shape index (κ3) is 4.06. The Hall–Kier alpha value is -3.76. The molecule has 0 unspecified atom stereocenters. The molecule has 0 fully saturated rings. The molecule has 0 saturated carbocycles. The molecule has 0 radical (unpaired) electrons. The molecule has 0 atom stereocenters. The number of fused-ring (bicyclic) bond motifs is 2. The Morgan fingerprint density at radius 1 is 0.879 bits per heavy atom. The zero-order chi connectivity index (χ0) is 22.8. The Bertz CT molecular complexity index is 1470. The highest BCUT2D eigenvalue weighted by atomic mass is 35.5. The zero-order valence-corrected chi connectivity index (χ0v) is 18.6. The maximum absolute atomic E-state index is 12.4. The van der Waals surface area contributed by atoms with Gasteiger partial charge in [0, 0.05) is 33.4 Å². The number of hydrogen-bond donors (Lipinski definition) is 1. The van der Waals surface area contributed by atoms with Crippen LogP contribution >= 0.6 is 11.6 Å². The molecule has 5 aromatic rings. The number of rotatable bonds is 7. The molecule has 0 bridgehead atoms. The highest BCUT2D eigenvalue weighted by Crippen LogP contribution is 2.36. The second kappa shape index (κ2) is 9.00. The van der Waals surface area contributed by atoms with Gasteiger partial charge >= 0.3 is 5.97 Å². The van der Waals surface area contributed by atoms with Gasteiger partial charge in [-0.15, -0.1) is 0 Å². The van der Waals surface area contributed by atoms with Crippen LogP contribution in [0, 0.1) is 0 Å². The Labute approximate surface area is 196 Å². The van der Waals surface area contributed by atoms with E-state index in [2.05, 4.69) is 12.1 Å². The molecule has 4 nitrogen and oxygen atoms in total. The van der Waals surface area contributed by atoms with Crippen molar-refractivity contribution in [1.29, 1.82) is 0 Å². The number of para-hydroxylation sites is 1. The van der Waals surface area contributed by atoms with Crippen molar-refractivity contribution in [2.45, 2.75) is 13.0 Å². The fourth-order valence-corrected chi connectivity index (χ4v) is 4.61. The number of carboxylic acids is 1. The van der Waals surface area contributed by atoms with Crippen molar-refractivity contribution in [3.8, 4) is 16.9 Å². The minimum absolute atomic E-state index is 0.267. The SMILES string of the molecule is O=C(O)c1c(-c2cccc(Cl)c2)c2ccccc2n1CCCOc1cccc2ccccc12. The van der Waals surface area contributed by atoms with E-state index in [0.29, 0.717) is 30.2 Å². The lowest BCUT2D eigenvalue weighted by atomic mass is 10.0. The summed E-state index contributed by atoms with van der Waals surface area (Å²) in [6.45, 7) is 1.000. The van der Waals surface area contributed by atoms with Crippen molar-refractivity contribution < 1.29 is 14.6 Å². The number of ether oxygens (including phenoxy) is 1. The van der Waals surface area contributed by atoms with Crippen molar-refractivity contribution in [2.75, 3.05) is 6.61 Å². The van der Waals surface area contributed by atoms with Gasteiger partial charge in [0.15, 0.2) is 0 Å². The van der Waals surface area contributed by atoms with Crippen LogP contribution in [0.5, 0.6) is 5.75 Å². The lowest BCUT2D eigenvalue weighted by Crippen LogP contribution is -2.12. The number of benzene rings is 4. The number of nitrogens with zero attached hydrogens (tertiary/aromatic N) is 1. The van der Waals surface area contributed by atoms with Crippen molar-refractivity contribution in [2.24, 2.45) is 0 Å². The Morgan fingerprint density at radius 3 is 2.42 bits per heavy atom. The monoisotopic (exact) mass is 455 g/mol. The molecule has 0 aliphatic rings. The molecule has 0 aliphatic heterocycles. The number of aromatic nitrogens is 1. The number of hydrogen-bond acceptors (Lipinski definition) is 2. The Kier molecular flexibility index (Phi) is 5.76. The molecule has 5 rings (SSSR count). The summed E-state index contributed by atoms with van der Waals surface area (Å²) >= 11 is 6.22. The molecule has 1 N–H and O–H groups in total. The second-order valence-electron chi connectivity index (χ2n) is 7.89. The van der Waals surface area contributed by atoms with Crippen LogP contribution in [0.2, 0.25) is 5.02 Å². The molecule has 4 aromatic carbocycles. The third-order valence-electron chi connectivity index (χ3n) is 5.82. The molecule has 0 aliphatic carbocycles. The third-order valence-corrected chi connectivity index (χ3v) is 6.06. The molecule has 0 saturated heterocycles. The minimum atomic E-state index is -0.962. The Balaban J connectivity index is 1.46. The fraction of sp³-hybridized carbons (Fsp3) is 0.107. The Morgan fingerprint density at radius 2 is 1.61 bits per heavy atom. The molecule has 1 aromatic heterocycles. The molecule has 164 valence electrons. The van der Waals surface area contributed by atoms with E-state index < -0.39 is 5.97 Å². The summed E-state index contributed by atoms with van der Waals surface area (Å²) in [6, 6.07) is 29.2. The van der Waals surface area contributed by atoms with Crippen molar-refractivity contribution >= 4 is 39.2 Å². The van der Waals surface area contributed by atoms with E-state index in [-0.39, 0.29) is 5.69 Å². The van der Waals surface area contributed by atoms with Gasteiger partial charge < -0.3 is 14.4 Å². The van der Waals surface area contributed by atoms with Gasteiger partial charge in [-0.25, -0.2) is 4.79 Å². The van der Waals surface area contributed by atoms with Crippen LogP contribution in [-0.4, -0.2) is 22.2 Å². The fourth-order valence-electron chi connectivity index (χ4n) is 4.42. The van der Waals surface area contributed by atoms with E-state index in [1.54, 1.807) is 6.07 Å². The van der Waals surface area contributed by atoms with Crippen LogP contribution < -0.4 is 4.74 Å². The van der Waals surface area contributed by atoms with E-state index in [0.717, 1.165) is 33.0 Å². The predicted octanol–water partition coefficient (Wildman–Crippen LogP) is 7.28. The van der Waals surface area contributed by atoms with Crippen molar-refractivity contribution in [3.05, 3.63) is 102 Å². The second-order valence-corrected chi connectivity index (χ2v) is 8.32. The highest BCUT2D eigenvalue weighted by molar-refractivity contribution is 6.31. The van der Waals surface area contributed by atoms with Gasteiger partial charge in [0.25, 0.3) is 0 Å². The van der Waals surface area contributed by atoms with Gasteiger partial charge in [-0.05, 0) is 41.6 Å². The van der Waals surface area contributed by atoms with E-state index in [9.17, 15) is 9.90 Å². The van der Waals surface area contributed by atoms with Crippen molar-refractivity contribution in [1.82, 2.24) is 4.57 Å². The molecule has 1 heterocycles. The van der Waals surface area contributed by atoms with E-state index >= 15 is 0 Å². The summed E-state index contributed by atoms with van der Waals surface area (Å²) in [5, 5.41) is 13.8. The summed E-state index contributed by atoms with van der Waals surface area (Å²) in [4.78, 5) is 12.4. The summed E-state index contributed by atoms with van der Waals surface area (Å²) in [5.41, 5.74) is 2.64. The van der Waals surface area contributed by atoms with E-state index in [4.69, 9.17) is 16.3 Å². The van der Waals surface area contributed by atoms with Gasteiger partial charge in [0.1, 0.15) is 11.4 Å². The molecule has 5 heteroatoms. The number of aromatic carboxylic acids is 1. The first-order valence-electron chi connectivity index (χ1n) is 10.8. The van der Waals surface area contributed by atoms with Gasteiger partial charge in [-0.1, -0.05) is 78.3 Å². The number of halogens is 1. The van der Waals surface area contributed by atoms with Crippen LogP contribution in [0.3, 0.4) is 0 Å². The lowest BCUT2D eigenvalue weighted by Gasteiger charge is -2.12. The first kappa shape index (κ1) is 21.1. The zero-order valence-electron chi connectivity index (χ0n) is 17.9. The van der Waals surface area contributed by atoms with Gasteiger partial charge in [0.05, 0.1) is 6.61 Å². The van der Waals surface area contributed by atoms with Gasteiger partial charge in [0.2, 0.25) is 0 Å².